The molecule has 0 aliphatic carbocycles. The number of sulfone groups is 2. The van der Waals surface area contributed by atoms with Gasteiger partial charge in [-0.15, -0.1) is 0 Å². The SMILES string of the molecule is CC(C)(CN)CCCS(=O)(=O)CCS(C)(=O)=O. The van der Waals surface area contributed by atoms with Crippen molar-refractivity contribution >= 4 is 19.7 Å². The summed E-state index contributed by atoms with van der Waals surface area (Å²) in [5.74, 6) is -0.545. The first-order valence-electron chi connectivity index (χ1n) is 5.56. The van der Waals surface area contributed by atoms with Gasteiger partial charge in [-0.25, -0.2) is 16.8 Å². The summed E-state index contributed by atoms with van der Waals surface area (Å²) in [6.07, 6.45) is 2.29. The van der Waals surface area contributed by atoms with Crippen LogP contribution in [0.1, 0.15) is 26.7 Å². The Kier molecular flexibility index (Phi) is 6.10. The summed E-state index contributed by atoms with van der Waals surface area (Å²) in [6, 6.07) is 0. The van der Waals surface area contributed by atoms with Gasteiger partial charge in [-0.3, -0.25) is 0 Å². The van der Waals surface area contributed by atoms with Crippen LogP contribution in [0, 0.1) is 5.41 Å². The average Bonchev–Trinajstić information content (AvgIpc) is 2.13. The van der Waals surface area contributed by atoms with E-state index in [9.17, 15) is 16.8 Å². The number of nitrogens with two attached hydrogens (primary N) is 1. The Morgan fingerprint density at radius 1 is 1.00 bits per heavy atom. The molecule has 0 saturated carbocycles. The van der Waals surface area contributed by atoms with Gasteiger partial charge in [0.1, 0.15) is 9.84 Å². The second kappa shape index (κ2) is 6.15. The molecule has 0 aromatic rings. The first-order valence-corrected chi connectivity index (χ1v) is 9.44. The fourth-order valence-electron chi connectivity index (χ4n) is 1.25. The Bertz CT molecular complexity index is 423. The van der Waals surface area contributed by atoms with E-state index in [0.29, 0.717) is 13.0 Å². The van der Waals surface area contributed by atoms with Gasteiger partial charge in [-0.1, -0.05) is 13.8 Å². The highest BCUT2D eigenvalue weighted by Gasteiger charge is 2.19. The summed E-state index contributed by atoms with van der Waals surface area (Å²) < 4.78 is 44.9. The average molecular weight is 285 g/mol. The second-order valence-corrected chi connectivity index (χ2v) is 9.82. The quantitative estimate of drug-likeness (QED) is 0.688. The highest BCUT2D eigenvalue weighted by molar-refractivity contribution is 7.94. The van der Waals surface area contributed by atoms with Gasteiger partial charge in [-0.2, -0.15) is 0 Å². The Morgan fingerprint density at radius 3 is 1.94 bits per heavy atom. The zero-order chi connectivity index (χ0) is 13.7. The van der Waals surface area contributed by atoms with E-state index in [4.69, 9.17) is 5.73 Å². The highest BCUT2D eigenvalue weighted by atomic mass is 32.2. The lowest BCUT2D eigenvalue weighted by atomic mass is 9.88. The van der Waals surface area contributed by atoms with Crippen molar-refractivity contribution in [2.75, 3.05) is 30.1 Å². The molecule has 0 spiro atoms. The minimum Gasteiger partial charge on any atom is -0.330 e. The van der Waals surface area contributed by atoms with E-state index < -0.39 is 19.7 Å². The van der Waals surface area contributed by atoms with Crippen molar-refractivity contribution in [3.63, 3.8) is 0 Å². The van der Waals surface area contributed by atoms with Gasteiger partial charge in [-0.05, 0) is 24.8 Å². The molecule has 0 aliphatic heterocycles. The molecule has 5 nitrogen and oxygen atoms in total. The van der Waals surface area contributed by atoms with Gasteiger partial charge >= 0.3 is 0 Å². The molecule has 0 bridgehead atoms. The summed E-state index contributed by atoms with van der Waals surface area (Å²) >= 11 is 0. The van der Waals surface area contributed by atoms with Crippen molar-refractivity contribution < 1.29 is 16.8 Å². The van der Waals surface area contributed by atoms with E-state index in [1.54, 1.807) is 0 Å². The predicted molar refractivity (Wildman–Crippen MR) is 70.4 cm³/mol. The van der Waals surface area contributed by atoms with Crippen molar-refractivity contribution in [2.24, 2.45) is 11.1 Å². The van der Waals surface area contributed by atoms with Gasteiger partial charge in [0.2, 0.25) is 0 Å². The smallest absolute Gasteiger partial charge is 0.151 e. The maximum atomic E-state index is 11.6. The fraction of sp³-hybridized carbons (Fsp3) is 1.00. The van der Waals surface area contributed by atoms with E-state index >= 15 is 0 Å². The molecular weight excluding hydrogens is 262 g/mol. The minimum atomic E-state index is -3.27. The summed E-state index contributed by atoms with van der Waals surface area (Å²) in [7, 11) is -6.48. The van der Waals surface area contributed by atoms with Crippen molar-refractivity contribution in [1.82, 2.24) is 0 Å². The van der Waals surface area contributed by atoms with Crippen LogP contribution in [-0.4, -0.2) is 46.9 Å². The van der Waals surface area contributed by atoms with Crippen LogP contribution in [0.15, 0.2) is 0 Å². The van der Waals surface area contributed by atoms with E-state index in [-0.39, 0.29) is 22.7 Å². The predicted octanol–water partition coefficient (Wildman–Crippen LogP) is 0.211. The Balaban J connectivity index is 4.12. The normalized spacial score (nSPS) is 13.9. The molecule has 2 N–H and O–H groups in total. The van der Waals surface area contributed by atoms with E-state index in [2.05, 4.69) is 0 Å². The van der Waals surface area contributed by atoms with Crippen LogP contribution < -0.4 is 5.73 Å². The van der Waals surface area contributed by atoms with Crippen LogP contribution in [0.25, 0.3) is 0 Å². The molecule has 0 saturated heterocycles. The summed E-state index contributed by atoms with van der Waals surface area (Å²) in [6.45, 7) is 4.47. The van der Waals surface area contributed by atoms with E-state index in [0.717, 1.165) is 12.7 Å². The van der Waals surface area contributed by atoms with Crippen molar-refractivity contribution in [3.8, 4) is 0 Å². The first-order chi connectivity index (χ1) is 7.47. The van der Waals surface area contributed by atoms with Crippen molar-refractivity contribution in [1.29, 1.82) is 0 Å². The van der Waals surface area contributed by atoms with Crippen LogP contribution in [-0.2, 0) is 19.7 Å². The van der Waals surface area contributed by atoms with Crippen LogP contribution in [0.2, 0.25) is 0 Å². The number of rotatable bonds is 8. The lowest BCUT2D eigenvalue weighted by molar-refractivity contribution is 0.344. The van der Waals surface area contributed by atoms with Crippen LogP contribution in [0.3, 0.4) is 0 Å². The lowest BCUT2D eigenvalue weighted by Gasteiger charge is -2.21. The van der Waals surface area contributed by atoms with Gasteiger partial charge in [0.25, 0.3) is 0 Å². The molecule has 17 heavy (non-hydrogen) atoms. The molecule has 0 fully saturated rings. The Hall–Kier alpha value is -0.140. The van der Waals surface area contributed by atoms with Crippen molar-refractivity contribution in [2.45, 2.75) is 26.7 Å². The molecule has 0 aliphatic rings. The molecule has 0 rings (SSSR count). The van der Waals surface area contributed by atoms with Gasteiger partial charge in [0.15, 0.2) is 9.84 Å². The molecule has 7 heteroatoms. The summed E-state index contributed by atoms with van der Waals surface area (Å²) in [5, 5.41) is 0. The monoisotopic (exact) mass is 285 g/mol. The summed E-state index contributed by atoms with van der Waals surface area (Å²) in [5.41, 5.74) is 5.48. The Morgan fingerprint density at radius 2 is 1.53 bits per heavy atom. The highest BCUT2D eigenvalue weighted by Crippen LogP contribution is 2.20. The standard InChI is InChI=1S/C10H23NO4S2/c1-10(2,9-11)5-4-6-17(14,15)8-7-16(3,12)13/h4-9,11H2,1-3H3. The third-order valence-electron chi connectivity index (χ3n) is 2.63. The lowest BCUT2D eigenvalue weighted by Crippen LogP contribution is -2.25. The van der Waals surface area contributed by atoms with Crippen LogP contribution in [0.4, 0.5) is 0 Å². The van der Waals surface area contributed by atoms with Crippen molar-refractivity contribution in [3.05, 3.63) is 0 Å². The fourth-order valence-corrected chi connectivity index (χ4v) is 4.27. The zero-order valence-electron chi connectivity index (χ0n) is 10.8. The third kappa shape index (κ3) is 9.55. The molecule has 0 amide bonds. The van der Waals surface area contributed by atoms with Crippen LogP contribution >= 0.6 is 0 Å². The largest absolute Gasteiger partial charge is 0.330 e. The first kappa shape index (κ1) is 16.9. The Labute approximate surface area is 105 Å². The van der Waals surface area contributed by atoms with Gasteiger partial charge in [0, 0.05) is 6.26 Å². The molecule has 0 heterocycles. The van der Waals surface area contributed by atoms with Gasteiger partial charge in [0.05, 0.1) is 17.3 Å². The molecule has 0 atom stereocenters. The van der Waals surface area contributed by atoms with Crippen LogP contribution in [0.5, 0.6) is 0 Å². The number of hydrogen-bond donors (Lipinski definition) is 1. The summed E-state index contributed by atoms with van der Waals surface area (Å²) in [4.78, 5) is 0. The molecular formula is C10H23NO4S2. The minimum absolute atomic E-state index is 0.0337. The zero-order valence-corrected chi connectivity index (χ0v) is 12.4. The number of hydrogen-bond acceptors (Lipinski definition) is 5. The molecule has 104 valence electrons. The topological polar surface area (TPSA) is 94.3 Å². The maximum absolute atomic E-state index is 11.6. The van der Waals surface area contributed by atoms with E-state index in [1.165, 1.54) is 0 Å². The second-order valence-electron chi connectivity index (χ2n) is 5.25. The molecule has 0 aromatic carbocycles. The van der Waals surface area contributed by atoms with Gasteiger partial charge < -0.3 is 5.73 Å². The molecule has 0 unspecified atom stereocenters. The van der Waals surface area contributed by atoms with E-state index in [1.807, 2.05) is 13.8 Å². The third-order valence-corrected chi connectivity index (χ3v) is 5.57. The molecule has 0 radical (unpaired) electrons. The molecule has 0 aromatic heterocycles. The maximum Gasteiger partial charge on any atom is 0.151 e.